The number of nitrogens with one attached hydrogen (secondary N) is 1. The van der Waals surface area contributed by atoms with Crippen LogP contribution in [0.1, 0.15) is 22.0 Å². The van der Waals surface area contributed by atoms with Gasteiger partial charge in [0.25, 0.3) is 0 Å². The highest BCUT2D eigenvalue weighted by atomic mass is 32.1. The Morgan fingerprint density at radius 1 is 1.47 bits per heavy atom. The Hall–Kier alpha value is -1.23. The van der Waals surface area contributed by atoms with Crippen LogP contribution in [0.2, 0.25) is 0 Å². The topological polar surface area (TPSA) is 28.2 Å². The van der Waals surface area contributed by atoms with Gasteiger partial charge in [-0.05, 0) is 35.6 Å². The number of aryl methyl sites for hydroxylation is 1. The molecule has 1 saturated heterocycles. The van der Waals surface area contributed by atoms with E-state index in [0.717, 1.165) is 26.2 Å². The van der Waals surface area contributed by atoms with Crippen molar-refractivity contribution in [2.24, 2.45) is 0 Å². The molecule has 2 aromatic rings. The Kier molecular flexibility index (Phi) is 3.92. The van der Waals surface area contributed by atoms with Crippen LogP contribution in [0.4, 0.5) is 0 Å². The fourth-order valence-corrected chi connectivity index (χ4v) is 3.52. The molecule has 100 valence electrons. The second-order valence-electron chi connectivity index (χ2n) is 5.00. The summed E-state index contributed by atoms with van der Waals surface area (Å²) in [6.45, 7) is 6.42. The van der Waals surface area contributed by atoms with Crippen molar-refractivity contribution >= 4 is 11.3 Å². The molecule has 0 aromatic carbocycles. The van der Waals surface area contributed by atoms with Gasteiger partial charge in [-0.25, -0.2) is 0 Å². The van der Waals surface area contributed by atoms with Crippen molar-refractivity contribution in [3.05, 3.63) is 52.0 Å². The molecular formula is C15H19N3S. The Morgan fingerprint density at radius 2 is 2.42 bits per heavy atom. The molecule has 1 fully saturated rings. The van der Waals surface area contributed by atoms with Crippen LogP contribution in [-0.2, 0) is 6.54 Å². The predicted molar refractivity (Wildman–Crippen MR) is 79.3 cm³/mol. The van der Waals surface area contributed by atoms with Crippen LogP contribution in [0.25, 0.3) is 0 Å². The molecule has 0 bridgehead atoms. The molecule has 1 unspecified atom stereocenters. The van der Waals surface area contributed by atoms with Crippen molar-refractivity contribution in [2.75, 3.05) is 19.6 Å². The number of aromatic nitrogens is 1. The van der Waals surface area contributed by atoms with Gasteiger partial charge in [-0.1, -0.05) is 6.07 Å². The largest absolute Gasteiger partial charge is 0.314 e. The molecule has 3 nitrogen and oxygen atoms in total. The lowest BCUT2D eigenvalue weighted by Crippen LogP contribution is -2.45. The number of thiophene rings is 1. The van der Waals surface area contributed by atoms with E-state index in [9.17, 15) is 0 Å². The molecular weight excluding hydrogens is 254 g/mol. The van der Waals surface area contributed by atoms with E-state index in [1.807, 2.05) is 29.8 Å². The minimum Gasteiger partial charge on any atom is -0.314 e. The average molecular weight is 273 g/mol. The van der Waals surface area contributed by atoms with E-state index in [4.69, 9.17) is 0 Å². The van der Waals surface area contributed by atoms with Crippen LogP contribution in [0.15, 0.2) is 36.0 Å². The third-order valence-electron chi connectivity index (χ3n) is 3.74. The zero-order chi connectivity index (χ0) is 13.1. The van der Waals surface area contributed by atoms with Crippen molar-refractivity contribution in [3.8, 4) is 0 Å². The smallest absolute Gasteiger partial charge is 0.0492 e. The molecule has 19 heavy (non-hydrogen) atoms. The molecule has 0 spiro atoms. The van der Waals surface area contributed by atoms with Crippen LogP contribution in [-0.4, -0.2) is 29.5 Å². The molecule has 1 N–H and O–H groups in total. The van der Waals surface area contributed by atoms with Crippen molar-refractivity contribution in [1.29, 1.82) is 0 Å². The summed E-state index contributed by atoms with van der Waals surface area (Å²) in [5.41, 5.74) is 2.72. The summed E-state index contributed by atoms with van der Waals surface area (Å²) < 4.78 is 0. The Balaban J connectivity index is 1.80. The van der Waals surface area contributed by atoms with Crippen LogP contribution >= 0.6 is 11.3 Å². The maximum absolute atomic E-state index is 4.26. The number of rotatable bonds is 3. The maximum Gasteiger partial charge on any atom is 0.0492 e. The number of pyridine rings is 1. The third kappa shape index (κ3) is 2.86. The Morgan fingerprint density at radius 3 is 3.16 bits per heavy atom. The van der Waals surface area contributed by atoms with Gasteiger partial charge in [-0.3, -0.25) is 9.88 Å². The minimum atomic E-state index is 0.434. The lowest BCUT2D eigenvalue weighted by molar-refractivity contribution is 0.154. The minimum absolute atomic E-state index is 0.434. The Bertz CT molecular complexity index is 523. The molecule has 2 aromatic heterocycles. The zero-order valence-corrected chi connectivity index (χ0v) is 12.0. The van der Waals surface area contributed by atoms with Gasteiger partial charge < -0.3 is 5.32 Å². The molecule has 0 aliphatic carbocycles. The maximum atomic E-state index is 4.26. The van der Waals surface area contributed by atoms with E-state index in [2.05, 4.69) is 39.6 Å². The lowest BCUT2D eigenvalue weighted by Gasteiger charge is -2.36. The molecule has 0 radical (unpaired) electrons. The predicted octanol–water partition coefficient (Wildman–Crippen LogP) is 2.60. The molecule has 1 atom stereocenters. The summed E-state index contributed by atoms with van der Waals surface area (Å²) in [6.07, 6.45) is 3.83. The molecule has 4 heteroatoms. The third-order valence-corrected chi connectivity index (χ3v) is 4.75. The summed E-state index contributed by atoms with van der Waals surface area (Å²) in [5, 5.41) is 5.68. The van der Waals surface area contributed by atoms with Crippen molar-refractivity contribution in [1.82, 2.24) is 15.2 Å². The second kappa shape index (κ2) is 5.82. The van der Waals surface area contributed by atoms with Gasteiger partial charge in [-0.2, -0.15) is 0 Å². The van der Waals surface area contributed by atoms with Gasteiger partial charge in [0.15, 0.2) is 0 Å². The number of hydrogen-bond donors (Lipinski definition) is 1. The summed E-state index contributed by atoms with van der Waals surface area (Å²) in [4.78, 5) is 8.30. The van der Waals surface area contributed by atoms with Gasteiger partial charge >= 0.3 is 0 Å². The first-order valence-corrected chi connectivity index (χ1v) is 7.60. The summed E-state index contributed by atoms with van der Waals surface area (Å²) in [5.74, 6) is 0. The first kappa shape index (κ1) is 12.8. The first-order valence-electron chi connectivity index (χ1n) is 6.72. The molecule has 1 aliphatic rings. The van der Waals surface area contributed by atoms with Crippen LogP contribution in [0.3, 0.4) is 0 Å². The van der Waals surface area contributed by atoms with Gasteiger partial charge in [0.05, 0.1) is 0 Å². The van der Waals surface area contributed by atoms with Gasteiger partial charge in [0.2, 0.25) is 0 Å². The fourth-order valence-electron chi connectivity index (χ4n) is 2.59. The number of nitrogens with zero attached hydrogens (tertiary/aromatic N) is 2. The highest BCUT2D eigenvalue weighted by molar-refractivity contribution is 7.10. The highest BCUT2D eigenvalue weighted by Crippen LogP contribution is 2.26. The van der Waals surface area contributed by atoms with Crippen molar-refractivity contribution < 1.29 is 0 Å². The van der Waals surface area contributed by atoms with Crippen LogP contribution in [0, 0.1) is 6.92 Å². The van der Waals surface area contributed by atoms with E-state index in [1.165, 1.54) is 16.0 Å². The van der Waals surface area contributed by atoms with E-state index in [1.54, 1.807) is 0 Å². The van der Waals surface area contributed by atoms with Crippen LogP contribution < -0.4 is 5.32 Å². The molecule has 0 saturated carbocycles. The molecule has 0 amide bonds. The average Bonchev–Trinajstić information content (AvgIpc) is 2.86. The SMILES string of the molecule is Cc1ccsc1CN1CCNCC1c1cccnc1. The van der Waals surface area contributed by atoms with E-state index >= 15 is 0 Å². The quantitative estimate of drug-likeness (QED) is 0.931. The molecule has 1 aliphatic heterocycles. The summed E-state index contributed by atoms with van der Waals surface area (Å²) in [7, 11) is 0. The second-order valence-corrected chi connectivity index (χ2v) is 6.00. The Labute approximate surface area is 118 Å². The molecule has 3 heterocycles. The number of hydrogen-bond acceptors (Lipinski definition) is 4. The van der Waals surface area contributed by atoms with Gasteiger partial charge in [-0.15, -0.1) is 11.3 Å². The standard InChI is InChI=1S/C15H19N3S/c1-12-4-8-19-15(12)11-18-7-6-17-10-14(18)13-3-2-5-16-9-13/h2-5,8-9,14,17H,6-7,10-11H2,1H3. The normalized spacial score (nSPS) is 20.6. The zero-order valence-electron chi connectivity index (χ0n) is 11.2. The summed E-state index contributed by atoms with van der Waals surface area (Å²) >= 11 is 1.86. The van der Waals surface area contributed by atoms with E-state index in [0.29, 0.717) is 6.04 Å². The molecule has 3 rings (SSSR count). The van der Waals surface area contributed by atoms with E-state index in [-0.39, 0.29) is 0 Å². The highest BCUT2D eigenvalue weighted by Gasteiger charge is 2.24. The number of piperazine rings is 1. The monoisotopic (exact) mass is 273 g/mol. The first-order chi connectivity index (χ1) is 9.34. The van der Waals surface area contributed by atoms with Crippen molar-refractivity contribution in [3.63, 3.8) is 0 Å². The van der Waals surface area contributed by atoms with Crippen LogP contribution in [0.5, 0.6) is 0 Å². The summed E-state index contributed by atoms with van der Waals surface area (Å²) in [6, 6.07) is 6.85. The lowest BCUT2D eigenvalue weighted by atomic mass is 10.1. The van der Waals surface area contributed by atoms with Crippen molar-refractivity contribution in [2.45, 2.75) is 19.5 Å². The fraction of sp³-hybridized carbons (Fsp3) is 0.400. The van der Waals surface area contributed by atoms with Gasteiger partial charge in [0.1, 0.15) is 0 Å². The van der Waals surface area contributed by atoms with E-state index < -0.39 is 0 Å². The van der Waals surface area contributed by atoms with Gasteiger partial charge in [0, 0.05) is 49.5 Å².